The van der Waals surface area contributed by atoms with Gasteiger partial charge in [0.15, 0.2) is 0 Å². The van der Waals surface area contributed by atoms with Gasteiger partial charge in [0.2, 0.25) is 11.8 Å². The van der Waals surface area contributed by atoms with Gasteiger partial charge in [0.1, 0.15) is 18.2 Å². The summed E-state index contributed by atoms with van der Waals surface area (Å²) in [7, 11) is 0. The Hall–Kier alpha value is -2.83. The molecule has 1 aromatic heterocycles. The summed E-state index contributed by atoms with van der Waals surface area (Å²) in [6.07, 6.45) is 2.57. The van der Waals surface area contributed by atoms with Crippen LogP contribution >= 0.6 is 0 Å². The molecule has 2 amide bonds. The Morgan fingerprint density at radius 3 is 2.73 bits per heavy atom. The highest BCUT2D eigenvalue weighted by atomic mass is 19.1. The molecule has 0 spiro atoms. The second-order valence-corrected chi connectivity index (χ2v) is 6.61. The van der Waals surface area contributed by atoms with Crippen LogP contribution in [0.2, 0.25) is 0 Å². The van der Waals surface area contributed by atoms with Crippen LogP contribution in [0.1, 0.15) is 17.7 Å². The van der Waals surface area contributed by atoms with Crippen molar-refractivity contribution in [1.82, 2.24) is 9.88 Å². The minimum Gasteiger partial charge on any atom is -0.341 e. The molecular weight excluding hydrogens is 340 g/mol. The molecule has 26 heavy (non-hydrogen) atoms. The first kappa shape index (κ1) is 16.6. The van der Waals surface area contributed by atoms with Crippen LogP contribution in [-0.4, -0.2) is 41.3 Å². The molecule has 0 unspecified atom stereocenters. The van der Waals surface area contributed by atoms with E-state index in [1.54, 1.807) is 11.0 Å². The third kappa shape index (κ3) is 2.64. The number of pyridine rings is 1. The van der Waals surface area contributed by atoms with Gasteiger partial charge in [0.25, 0.3) is 0 Å². The standard InChI is InChI=1S/C19H17F2N3O2/c1-11-14(20)4-3-13(19(11)21)12-7-16-15(22-9-12)8-17(25)24(16)10-18(26)23-5-2-6-23/h3-4,7,9H,2,5-6,8,10H2,1H3. The Labute approximate surface area is 149 Å². The number of hydrogen-bond acceptors (Lipinski definition) is 3. The molecule has 5 nitrogen and oxygen atoms in total. The lowest BCUT2D eigenvalue weighted by Crippen LogP contribution is -2.47. The number of rotatable bonds is 3. The van der Waals surface area contributed by atoms with E-state index in [0.29, 0.717) is 30.0 Å². The summed E-state index contributed by atoms with van der Waals surface area (Å²) < 4.78 is 27.9. The van der Waals surface area contributed by atoms with Crippen molar-refractivity contribution < 1.29 is 18.4 Å². The van der Waals surface area contributed by atoms with E-state index in [2.05, 4.69) is 4.98 Å². The van der Waals surface area contributed by atoms with Gasteiger partial charge in [-0.2, -0.15) is 0 Å². The van der Waals surface area contributed by atoms with Gasteiger partial charge in [0, 0.05) is 36.0 Å². The monoisotopic (exact) mass is 357 g/mol. The molecule has 0 bridgehead atoms. The maximum atomic E-state index is 14.4. The predicted molar refractivity (Wildman–Crippen MR) is 91.6 cm³/mol. The van der Waals surface area contributed by atoms with Crippen LogP contribution in [0.15, 0.2) is 24.4 Å². The molecule has 0 N–H and O–H groups in total. The molecule has 0 radical (unpaired) electrons. The topological polar surface area (TPSA) is 53.5 Å². The van der Waals surface area contributed by atoms with E-state index >= 15 is 0 Å². The molecule has 7 heteroatoms. The summed E-state index contributed by atoms with van der Waals surface area (Å²) in [5.41, 5.74) is 1.68. The molecule has 1 aromatic carbocycles. The van der Waals surface area contributed by atoms with Crippen molar-refractivity contribution in [2.45, 2.75) is 19.8 Å². The van der Waals surface area contributed by atoms with E-state index in [9.17, 15) is 18.4 Å². The number of benzene rings is 1. The fourth-order valence-electron chi connectivity index (χ4n) is 3.23. The Balaban J connectivity index is 1.69. The van der Waals surface area contributed by atoms with Gasteiger partial charge in [-0.25, -0.2) is 8.78 Å². The van der Waals surface area contributed by atoms with Gasteiger partial charge in [-0.15, -0.1) is 0 Å². The molecule has 134 valence electrons. The fraction of sp³-hybridized carbons (Fsp3) is 0.316. The minimum atomic E-state index is -0.653. The van der Waals surface area contributed by atoms with E-state index in [1.165, 1.54) is 30.2 Å². The van der Waals surface area contributed by atoms with E-state index < -0.39 is 11.6 Å². The Kier molecular flexibility index (Phi) is 3.94. The first-order valence-corrected chi connectivity index (χ1v) is 8.47. The first-order chi connectivity index (χ1) is 12.5. The molecule has 2 aliphatic heterocycles. The number of anilines is 1. The number of halogens is 2. The van der Waals surface area contributed by atoms with E-state index in [1.807, 2.05) is 0 Å². The lowest BCUT2D eigenvalue weighted by molar-refractivity contribution is -0.134. The second-order valence-electron chi connectivity index (χ2n) is 6.61. The Bertz CT molecular complexity index is 925. The summed E-state index contributed by atoms with van der Waals surface area (Å²) in [6, 6.07) is 4.21. The highest BCUT2D eigenvalue weighted by Gasteiger charge is 2.32. The number of fused-ring (bicyclic) bond motifs is 1. The van der Waals surface area contributed by atoms with Crippen LogP contribution in [-0.2, 0) is 16.0 Å². The molecule has 0 aliphatic carbocycles. The maximum Gasteiger partial charge on any atom is 0.242 e. The Morgan fingerprint density at radius 2 is 2.04 bits per heavy atom. The van der Waals surface area contributed by atoms with Crippen LogP contribution in [0, 0.1) is 18.6 Å². The zero-order valence-corrected chi connectivity index (χ0v) is 14.3. The number of nitrogens with zero attached hydrogens (tertiary/aromatic N) is 3. The summed E-state index contributed by atoms with van der Waals surface area (Å²) in [5.74, 6) is -1.57. The molecule has 2 aromatic rings. The highest BCUT2D eigenvalue weighted by Crippen LogP contribution is 2.33. The number of likely N-dealkylation sites (tertiary alicyclic amines) is 1. The van der Waals surface area contributed by atoms with Crippen LogP contribution in [0.25, 0.3) is 11.1 Å². The van der Waals surface area contributed by atoms with Crippen LogP contribution in [0.4, 0.5) is 14.5 Å². The van der Waals surface area contributed by atoms with E-state index in [-0.39, 0.29) is 35.9 Å². The lowest BCUT2D eigenvalue weighted by Gasteiger charge is -2.32. The van der Waals surface area contributed by atoms with Crippen LogP contribution < -0.4 is 4.90 Å². The summed E-state index contributed by atoms with van der Waals surface area (Å²) in [6.45, 7) is 2.76. The summed E-state index contributed by atoms with van der Waals surface area (Å²) >= 11 is 0. The fourth-order valence-corrected chi connectivity index (χ4v) is 3.23. The zero-order chi connectivity index (χ0) is 18.4. The number of hydrogen-bond donors (Lipinski definition) is 0. The second kappa shape index (κ2) is 6.16. The molecule has 1 fully saturated rings. The van der Waals surface area contributed by atoms with Crippen molar-refractivity contribution in [3.63, 3.8) is 0 Å². The lowest BCUT2D eigenvalue weighted by atomic mass is 10.0. The third-order valence-electron chi connectivity index (χ3n) is 4.99. The molecular formula is C19H17F2N3O2. The van der Waals surface area contributed by atoms with Crippen molar-refractivity contribution in [3.05, 3.63) is 47.3 Å². The zero-order valence-electron chi connectivity index (χ0n) is 14.3. The quantitative estimate of drug-likeness (QED) is 0.848. The summed E-state index contributed by atoms with van der Waals surface area (Å²) in [5, 5.41) is 0. The van der Waals surface area contributed by atoms with Crippen LogP contribution in [0.5, 0.6) is 0 Å². The maximum absolute atomic E-state index is 14.4. The van der Waals surface area contributed by atoms with Gasteiger partial charge in [-0.05, 0) is 31.5 Å². The molecule has 4 rings (SSSR count). The van der Waals surface area contributed by atoms with Crippen molar-refractivity contribution in [3.8, 4) is 11.1 Å². The predicted octanol–water partition coefficient (Wildman–Crippen LogP) is 2.46. The van der Waals surface area contributed by atoms with Gasteiger partial charge in [-0.1, -0.05) is 0 Å². The van der Waals surface area contributed by atoms with Gasteiger partial charge < -0.3 is 9.80 Å². The highest BCUT2D eigenvalue weighted by molar-refractivity contribution is 6.05. The van der Waals surface area contributed by atoms with Gasteiger partial charge in [-0.3, -0.25) is 14.6 Å². The first-order valence-electron chi connectivity index (χ1n) is 8.47. The van der Waals surface area contributed by atoms with Crippen molar-refractivity contribution in [1.29, 1.82) is 0 Å². The largest absolute Gasteiger partial charge is 0.341 e. The van der Waals surface area contributed by atoms with Gasteiger partial charge in [0.05, 0.1) is 17.8 Å². The van der Waals surface area contributed by atoms with Gasteiger partial charge >= 0.3 is 0 Å². The number of carbonyl (C=O) groups excluding carboxylic acids is 2. The molecule has 0 saturated carbocycles. The summed E-state index contributed by atoms with van der Waals surface area (Å²) in [4.78, 5) is 31.9. The number of amides is 2. The molecule has 2 aliphatic rings. The van der Waals surface area contributed by atoms with Crippen molar-refractivity contribution in [2.24, 2.45) is 0 Å². The SMILES string of the molecule is Cc1c(F)ccc(-c2cnc3c(c2)N(CC(=O)N2CCC2)C(=O)C3)c1F. The molecule has 3 heterocycles. The average Bonchev–Trinajstić information content (AvgIpc) is 2.86. The van der Waals surface area contributed by atoms with E-state index in [4.69, 9.17) is 0 Å². The molecule has 0 atom stereocenters. The smallest absolute Gasteiger partial charge is 0.242 e. The average molecular weight is 357 g/mol. The van der Waals surface area contributed by atoms with Crippen molar-refractivity contribution >= 4 is 17.5 Å². The third-order valence-corrected chi connectivity index (χ3v) is 4.99. The number of carbonyl (C=O) groups is 2. The normalized spacial score (nSPS) is 15.9. The van der Waals surface area contributed by atoms with Crippen LogP contribution in [0.3, 0.4) is 0 Å². The number of aromatic nitrogens is 1. The van der Waals surface area contributed by atoms with Crippen molar-refractivity contribution in [2.75, 3.05) is 24.5 Å². The molecule has 1 saturated heterocycles. The van der Waals surface area contributed by atoms with E-state index in [0.717, 1.165) is 6.42 Å². The Morgan fingerprint density at radius 1 is 1.27 bits per heavy atom. The minimum absolute atomic E-state index is 0.0398.